The maximum atomic E-state index is 14.3. The second kappa shape index (κ2) is 7.06. The summed E-state index contributed by atoms with van der Waals surface area (Å²) in [7, 11) is 0. The Kier molecular flexibility index (Phi) is 4.58. The lowest BCUT2D eigenvalue weighted by molar-refractivity contribution is 0.0700. The fraction of sp³-hybridized carbons (Fsp3) is 0.316. The number of carboxylic acids is 1. The maximum Gasteiger partial charge on any atom is 0.343 e. The predicted molar refractivity (Wildman–Crippen MR) is 99.8 cm³/mol. The topological polar surface area (TPSA) is 82.8 Å². The Morgan fingerprint density at radius 3 is 2.93 bits per heavy atom. The largest absolute Gasteiger partial charge is 0.477 e. The van der Waals surface area contributed by atoms with E-state index in [0.717, 1.165) is 18.6 Å². The van der Waals surface area contributed by atoms with Crippen molar-refractivity contribution in [1.82, 2.24) is 14.6 Å². The van der Waals surface area contributed by atoms with Crippen LogP contribution in [0, 0.1) is 11.6 Å². The molecule has 0 bridgehead atoms. The summed E-state index contributed by atoms with van der Waals surface area (Å²) < 4.78 is 29.4. The SMILES string of the molecule is CCNc1nn2ccc(N3CCC[C@@H]3c3cc(F)ccc3F)nc2c1C(=O)O. The van der Waals surface area contributed by atoms with Crippen molar-refractivity contribution in [2.75, 3.05) is 23.3 Å². The summed E-state index contributed by atoms with van der Waals surface area (Å²) in [6.07, 6.45) is 3.07. The highest BCUT2D eigenvalue weighted by Gasteiger charge is 2.30. The van der Waals surface area contributed by atoms with Gasteiger partial charge in [0.15, 0.2) is 11.5 Å². The van der Waals surface area contributed by atoms with E-state index in [9.17, 15) is 18.7 Å². The molecule has 1 atom stereocenters. The third-order valence-electron chi connectivity index (χ3n) is 4.89. The molecule has 28 heavy (non-hydrogen) atoms. The number of nitrogens with one attached hydrogen (secondary N) is 1. The quantitative estimate of drug-likeness (QED) is 0.698. The number of carboxylic acid groups (broad SMARTS) is 1. The molecule has 1 saturated heterocycles. The molecule has 1 aliphatic heterocycles. The van der Waals surface area contributed by atoms with E-state index >= 15 is 0 Å². The lowest BCUT2D eigenvalue weighted by Gasteiger charge is -2.26. The first-order chi connectivity index (χ1) is 13.5. The number of benzene rings is 1. The van der Waals surface area contributed by atoms with Crippen LogP contribution in [-0.4, -0.2) is 38.8 Å². The monoisotopic (exact) mass is 387 g/mol. The second-order valence-corrected chi connectivity index (χ2v) is 6.63. The van der Waals surface area contributed by atoms with E-state index in [-0.39, 0.29) is 28.6 Å². The van der Waals surface area contributed by atoms with Crippen molar-refractivity contribution in [1.29, 1.82) is 0 Å². The third kappa shape index (κ3) is 3.02. The Labute approximate surface area is 159 Å². The molecule has 1 aromatic carbocycles. The number of aromatic carboxylic acids is 1. The maximum absolute atomic E-state index is 14.3. The molecule has 0 spiro atoms. The highest BCUT2D eigenvalue weighted by Crippen LogP contribution is 2.37. The van der Waals surface area contributed by atoms with Crippen LogP contribution in [0.4, 0.5) is 20.4 Å². The normalized spacial score (nSPS) is 16.7. The Morgan fingerprint density at radius 1 is 1.36 bits per heavy atom. The van der Waals surface area contributed by atoms with Crippen LogP contribution in [-0.2, 0) is 0 Å². The van der Waals surface area contributed by atoms with Crippen LogP contribution in [0.2, 0.25) is 0 Å². The van der Waals surface area contributed by atoms with Gasteiger partial charge >= 0.3 is 5.97 Å². The molecule has 3 heterocycles. The molecule has 0 saturated carbocycles. The van der Waals surface area contributed by atoms with Crippen LogP contribution in [0.15, 0.2) is 30.5 Å². The van der Waals surface area contributed by atoms with Gasteiger partial charge in [-0.25, -0.2) is 23.1 Å². The number of halogens is 2. The van der Waals surface area contributed by atoms with E-state index in [2.05, 4.69) is 15.4 Å². The second-order valence-electron chi connectivity index (χ2n) is 6.63. The number of hydrogen-bond donors (Lipinski definition) is 2. The molecule has 3 aromatic rings. The zero-order chi connectivity index (χ0) is 19.8. The molecular weight excluding hydrogens is 368 g/mol. The number of nitrogens with zero attached hydrogens (tertiary/aromatic N) is 4. The van der Waals surface area contributed by atoms with Crippen molar-refractivity contribution in [3.63, 3.8) is 0 Å². The first kappa shape index (κ1) is 18.1. The Hall–Kier alpha value is -3.23. The van der Waals surface area contributed by atoms with Crippen LogP contribution in [0.5, 0.6) is 0 Å². The average Bonchev–Trinajstić information content (AvgIpc) is 3.27. The molecule has 9 heteroatoms. The van der Waals surface area contributed by atoms with Gasteiger partial charge in [-0.1, -0.05) is 0 Å². The molecule has 2 aromatic heterocycles. The van der Waals surface area contributed by atoms with E-state index in [4.69, 9.17) is 0 Å². The van der Waals surface area contributed by atoms with Crippen LogP contribution in [0.25, 0.3) is 5.65 Å². The van der Waals surface area contributed by atoms with Crippen LogP contribution in [0.1, 0.15) is 41.7 Å². The molecule has 1 aliphatic rings. The van der Waals surface area contributed by atoms with Gasteiger partial charge in [-0.15, -0.1) is 5.10 Å². The van der Waals surface area contributed by atoms with Gasteiger partial charge in [-0.05, 0) is 44.0 Å². The van der Waals surface area contributed by atoms with E-state index in [0.29, 0.717) is 25.3 Å². The number of aromatic nitrogens is 3. The minimum absolute atomic E-state index is 0.0172. The van der Waals surface area contributed by atoms with Crippen molar-refractivity contribution in [2.24, 2.45) is 0 Å². The molecule has 0 amide bonds. The van der Waals surface area contributed by atoms with Gasteiger partial charge in [-0.3, -0.25) is 0 Å². The van der Waals surface area contributed by atoms with E-state index in [1.54, 1.807) is 12.3 Å². The summed E-state index contributed by atoms with van der Waals surface area (Å²) in [4.78, 5) is 18.1. The van der Waals surface area contributed by atoms with Gasteiger partial charge in [0.1, 0.15) is 23.0 Å². The molecule has 2 N–H and O–H groups in total. The summed E-state index contributed by atoms with van der Waals surface area (Å²) in [6, 6.07) is 4.77. The number of rotatable bonds is 5. The number of hydrogen-bond acceptors (Lipinski definition) is 5. The Bertz CT molecular complexity index is 1050. The average molecular weight is 387 g/mol. The summed E-state index contributed by atoms with van der Waals surface area (Å²) in [5.41, 5.74) is 0.460. The van der Waals surface area contributed by atoms with Crippen LogP contribution >= 0.6 is 0 Å². The molecular formula is C19H19F2N5O2. The highest BCUT2D eigenvalue weighted by molar-refractivity contribution is 6.00. The van der Waals surface area contributed by atoms with Gasteiger partial charge < -0.3 is 15.3 Å². The van der Waals surface area contributed by atoms with Crippen molar-refractivity contribution in [3.8, 4) is 0 Å². The molecule has 0 aliphatic carbocycles. The Balaban J connectivity index is 1.78. The van der Waals surface area contributed by atoms with E-state index in [1.807, 2.05) is 11.8 Å². The minimum Gasteiger partial charge on any atom is -0.477 e. The summed E-state index contributed by atoms with van der Waals surface area (Å²) in [5.74, 6) is -1.35. The summed E-state index contributed by atoms with van der Waals surface area (Å²) >= 11 is 0. The van der Waals surface area contributed by atoms with Gasteiger partial charge in [-0.2, -0.15) is 0 Å². The Morgan fingerprint density at radius 2 is 2.18 bits per heavy atom. The number of anilines is 2. The van der Waals surface area contributed by atoms with Crippen LogP contribution in [0.3, 0.4) is 0 Å². The fourth-order valence-corrected chi connectivity index (χ4v) is 3.70. The zero-order valence-corrected chi connectivity index (χ0v) is 15.2. The van der Waals surface area contributed by atoms with Gasteiger partial charge in [0.05, 0.1) is 6.04 Å². The molecule has 0 radical (unpaired) electrons. The number of carbonyl (C=O) groups is 1. The van der Waals surface area contributed by atoms with Crippen molar-refractivity contribution >= 4 is 23.3 Å². The smallest absolute Gasteiger partial charge is 0.343 e. The van der Waals surface area contributed by atoms with Crippen LogP contribution < -0.4 is 10.2 Å². The van der Waals surface area contributed by atoms with E-state index in [1.165, 1.54) is 10.6 Å². The first-order valence-corrected chi connectivity index (χ1v) is 9.07. The molecule has 7 nitrogen and oxygen atoms in total. The van der Waals surface area contributed by atoms with Crippen molar-refractivity contribution in [2.45, 2.75) is 25.8 Å². The fourth-order valence-electron chi connectivity index (χ4n) is 3.70. The number of fused-ring (bicyclic) bond motifs is 1. The lowest BCUT2D eigenvalue weighted by atomic mass is 10.0. The van der Waals surface area contributed by atoms with Gasteiger partial charge in [0, 0.05) is 24.8 Å². The van der Waals surface area contributed by atoms with Crippen molar-refractivity contribution < 1.29 is 18.7 Å². The van der Waals surface area contributed by atoms with Crippen molar-refractivity contribution in [3.05, 3.63) is 53.2 Å². The first-order valence-electron chi connectivity index (χ1n) is 9.07. The molecule has 0 unspecified atom stereocenters. The molecule has 1 fully saturated rings. The zero-order valence-electron chi connectivity index (χ0n) is 15.2. The minimum atomic E-state index is -1.13. The molecule has 146 valence electrons. The summed E-state index contributed by atoms with van der Waals surface area (Å²) in [6.45, 7) is 2.97. The third-order valence-corrected chi connectivity index (χ3v) is 4.89. The summed E-state index contributed by atoms with van der Waals surface area (Å²) in [5, 5.41) is 16.7. The lowest BCUT2D eigenvalue weighted by Crippen LogP contribution is -2.24. The molecule has 4 rings (SSSR count). The van der Waals surface area contributed by atoms with Gasteiger partial charge in [0.2, 0.25) is 0 Å². The predicted octanol–water partition coefficient (Wildman–Crippen LogP) is 3.48. The standard InChI is InChI=1S/C19H19F2N5O2/c1-2-22-17-16(19(27)28)18-23-15(7-9-26(18)24-17)25-8-3-4-14(25)12-10-11(20)5-6-13(12)21/h5-7,9-10,14H,2-4,8H2,1H3,(H,22,24)(H,27,28)/t14-/m1/s1. The highest BCUT2D eigenvalue weighted by atomic mass is 19.1. The van der Waals surface area contributed by atoms with E-state index < -0.39 is 17.6 Å². The van der Waals surface area contributed by atoms with Gasteiger partial charge in [0.25, 0.3) is 0 Å².